The summed E-state index contributed by atoms with van der Waals surface area (Å²) in [5.74, 6) is -1.39. The minimum absolute atomic E-state index is 0.0211. The quantitative estimate of drug-likeness (QED) is 0.417. The SMILES string of the molecule is CCOC(=O)C(=O)c1cccc(OC)n1. The number of rotatable bonds is 4. The first-order valence-corrected chi connectivity index (χ1v) is 4.41. The van der Waals surface area contributed by atoms with Gasteiger partial charge in [-0.15, -0.1) is 0 Å². The number of carbonyl (C=O) groups is 2. The molecule has 1 aromatic rings. The van der Waals surface area contributed by atoms with Crippen molar-refractivity contribution in [3.63, 3.8) is 0 Å². The number of aromatic nitrogens is 1. The molecule has 0 saturated carbocycles. The lowest BCUT2D eigenvalue weighted by atomic mass is 10.2. The molecule has 0 radical (unpaired) electrons. The Balaban J connectivity index is 2.86. The molecule has 5 nitrogen and oxygen atoms in total. The zero-order valence-corrected chi connectivity index (χ0v) is 8.52. The third-order valence-corrected chi connectivity index (χ3v) is 1.63. The van der Waals surface area contributed by atoms with Crippen molar-refractivity contribution in [2.75, 3.05) is 13.7 Å². The van der Waals surface area contributed by atoms with Gasteiger partial charge in [0.2, 0.25) is 5.88 Å². The van der Waals surface area contributed by atoms with Crippen LogP contribution in [0.25, 0.3) is 0 Å². The van der Waals surface area contributed by atoms with Crippen molar-refractivity contribution in [3.05, 3.63) is 23.9 Å². The molecule has 0 bridgehead atoms. The largest absolute Gasteiger partial charge is 0.481 e. The van der Waals surface area contributed by atoms with E-state index in [0.717, 1.165) is 0 Å². The fourth-order valence-corrected chi connectivity index (χ4v) is 0.956. The Labute approximate surface area is 87.0 Å². The van der Waals surface area contributed by atoms with Crippen molar-refractivity contribution < 1.29 is 19.1 Å². The van der Waals surface area contributed by atoms with Crippen LogP contribution in [-0.4, -0.2) is 30.5 Å². The Morgan fingerprint density at radius 1 is 1.40 bits per heavy atom. The van der Waals surface area contributed by atoms with Crippen LogP contribution < -0.4 is 4.74 Å². The van der Waals surface area contributed by atoms with E-state index in [-0.39, 0.29) is 18.2 Å². The molecule has 80 valence electrons. The van der Waals surface area contributed by atoms with E-state index in [2.05, 4.69) is 9.72 Å². The minimum Gasteiger partial charge on any atom is -0.481 e. The fraction of sp³-hybridized carbons (Fsp3) is 0.300. The second-order valence-electron chi connectivity index (χ2n) is 2.61. The monoisotopic (exact) mass is 209 g/mol. The van der Waals surface area contributed by atoms with Crippen molar-refractivity contribution in [2.24, 2.45) is 0 Å². The Morgan fingerprint density at radius 2 is 2.13 bits per heavy atom. The topological polar surface area (TPSA) is 65.5 Å². The lowest BCUT2D eigenvalue weighted by Gasteiger charge is -2.02. The normalized spacial score (nSPS) is 9.47. The summed E-state index contributed by atoms with van der Waals surface area (Å²) in [5.41, 5.74) is 0.0211. The van der Waals surface area contributed by atoms with Crippen LogP contribution >= 0.6 is 0 Å². The summed E-state index contributed by atoms with van der Waals surface area (Å²) < 4.78 is 9.39. The van der Waals surface area contributed by atoms with Crippen LogP contribution in [-0.2, 0) is 9.53 Å². The molecule has 1 heterocycles. The molecule has 0 saturated heterocycles. The van der Waals surface area contributed by atoms with Gasteiger partial charge in [-0.25, -0.2) is 9.78 Å². The molecule has 0 aromatic carbocycles. The first kappa shape index (κ1) is 11.2. The number of methoxy groups -OCH3 is 1. The summed E-state index contributed by atoms with van der Waals surface area (Å²) in [6.07, 6.45) is 0. The van der Waals surface area contributed by atoms with E-state index < -0.39 is 11.8 Å². The highest BCUT2D eigenvalue weighted by molar-refractivity contribution is 6.40. The van der Waals surface area contributed by atoms with Gasteiger partial charge in [0, 0.05) is 6.07 Å². The van der Waals surface area contributed by atoms with E-state index in [9.17, 15) is 9.59 Å². The maximum absolute atomic E-state index is 11.4. The Kier molecular flexibility index (Phi) is 3.79. The summed E-state index contributed by atoms with van der Waals surface area (Å²) in [4.78, 5) is 26.3. The summed E-state index contributed by atoms with van der Waals surface area (Å²) in [6.45, 7) is 1.79. The lowest BCUT2D eigenvalue weighted by Crippen LogP contribution is -2.18. The van der Waals surface area contributed by atoms with Crippen LogP contribution in [0.5, 0.6) is 5.88 Å². The number of pyridine rings is 1. The summed E-state index contributed by atoms with van der Waals surface area (Å²) in [7, 11) is 1.43. The molecule has 1 rings (SSSR count). The average Bonchev–Trinajstić information content (AvgIpc) is 2.28. The van der Waals surface area contributed by atoms with Gasteiger partial charge in [-0.1, -0.05) is 6.07 Å². The molecule has 0 spiro atoms. The molecule has 0 aliphatic carbocycles. The van der Waals surface area contributed by atoms with Crippen molar-refractivity contribution in [1.29, 1.82) is 0 Å². The van der Waals surface area contributed by atoms with Gasteiger partial charge in [-0.05, 0) is 13.0 Å². The zero-order valence-electron chi connectivity index (χ0n) is 8.52. The maximum atomic E-state index is 11.4. The van der Waals surface area contributed by atoms with E-state index in [0.29, 0.717) is 0 Å². The third-order valence-electron chi connectivity index (χ3n) is 1.63. The zero-order chi connectivity index (χ0) is 11.3. The highest BCUT2D eigenvalue weighted by Gasteiger charge is 2.19. The van der Waals surface area contributed by atoms with Crippen molar-refractivity contribution in [1.82, 2.24) is 4.98 Å². The summed E-state index contributed by atoms with van der Waals surface area (Å²) >= 11 is 0. The molecule has 0 aliphatic rings. The first-order chi connectivity index (χ1) is 7.19. The fourth-order valence-electron chi connectivity index (χ4n) is 0.956. The number of ketones is 1. The second kappa shape index (κ2) is 5.09. The smallest absolute Gasteiger partial charge is 0.381 e. The van der Waals surface area contributed by atoms with Crippen molar-refractivity contribution in [2.45, 2.75) is 6.92 Å². The highest BCUT2D eigenvalue weighted by atomic mass is 16.5. The summed E-state index contributed by atoms with van der Waals surface area (Å²) in [6, 6.07) is 4.60. The minimum atomic E-state index is -0.904. The predicted molar refractivity (Wildman–Crippen MR) is 51.8 cm³/mol. The number of Topliss-reactive ketones (excluding diaryl/α,β-unsaturated/α-hetero) is 1. The highest BCUT2D eigenvalue weighted by Crippen LogP contribution is 2.07. The number of hydrogen-bond acceptors (Lipinski definition) is 5. The van der Waals surface area contributed by atoms with Gasteiger partial charge in [0.15, 0.2) is 0 Å². The Hall–Kier alpha value is -1.91. The van der Waals surface area contributed by atoms with Gasteiger partial charge in [0.1, 0.15) is 5.69 Å². The van der Waals surface area contributed by atoms with Crippen LogP contribution in [0.4, 0.5) is 0 Å². The number of nitrogens with zero attached hydrogens (tertiary/aromatic N) is 1. The molecule has 0 unspecified atom stereocenters. The standard InChI is InChI=1S/C10H11NO4/c1-3-15-10(13)9(12)7-5-4-6-8(11-7)14-2/h4-6H,3H2,1-2H3. The van der Waals surface area contributed by atoms with Gasteiger partial charge in [-0.2, -0.15) is 0 Å². The van der Waals surface area contributed by atoms with E-state index >= 15 is 0 Å². The van der Waals surface area contributed by atoms with Gasteiger partial charge < -0.3 is 9.47 Å². The molecule has 15 heavy (non-hydrogen) atoms. The van der Waals surface area contributed by atoms with Crippen LogP contribution in [0.15, 0.2) is 18.2 Å². The van der Waals surface area contributed by atoms with E-state index in [4.69, 9.17) is 4.74 Å². The second-order valence-corrected chi connectivity index (χ2v) is 2.61. The van der Waals surface area contributed by atoms with Gasteiger partial charge in [0.25, 0.3) is 5.78 Å². The number of ether oxygens (including phenoxy) is 2. The average molecular weight is 209 g/mol. The van der Waals surface area contributed by atoms with E-state index in [1.54, 1.807) is 19.1 Å². The van der Waals surface area contributed by atoms with Gasteiger partial charge in [-0.3, -0.25) is 4.79 Å². The van der Waals surface area contributed by atoms with E-state index in [1.807, 2.05) is 0 Å². The van der Waals surface area contributed by atoms with Crippen LogP contribution in [0.3, 0.4) is 0 Å². The number of esters is 1. The molecular weight excluding hydrogens is 198 g/mol. The number of hydrogen-bond donors (Lipinski definition) is 0. The molecule has 0 N–H and O–H groups in total. The Morgan fingerprint density at radius 3 is 2.73 bits per heavy atom. The van der Waals surface area contributed by atoms with Crippen molar-refractivity contribution in [3.8, 4) is 5.88 Å². The molecule has 0 atom stereocenters. The van der Waals surface area contributed by atoms with Gasteiger partial charge >= 0.3 is 5.97 Å². The molecule has 0 aliphatic heterocycles. The third kappa shape index (κ3) is 2.77. The molecular formula is C10H11NO4. The maximum Gasteiger partial charge on any atom is 0.381 e. The van der Waals surface area contributed by atoms with Crippen LogP contribution in [0, 0.1) is 0 Å². The summed E-state index contributed by atoms with van der Waals surface area (Å²) in [5, 5.41) is 0. The molecule has 0 fully saturated rings. The Bertz CT molecular complexity index is 375. The molecule has 1 aromatic heterocycles. The predicted octanol–water partition coefficient (Wildman–Crippen LogP) is 0.836. The van der Waals surface area contributed by atoms with Crippen molar-refractivity contribution >= 4 is 11.8 Å². The molecule has 5 heteroatoms. The number of carbonyl (C=O) groups excluding carboxylic acids is 2. The van der Waals surface area contributed by atoms with Gasteiger partial charge in [0.05, 0.1) is 13.7 Å². The van der Waals surface area contributed by atoms with E-state index in [1.165, 1.54) is 13.2 Å². The lowest BCUT2D eigenvalue weighted by molar-refractivity contribution is -0.137. The molecule has 0 amide bonds. The first-order valence-electron chi connectivity index (χ1n) is 4.41. The van der Waals surface area contributed by atoms with Crippen LogP contribution in [0.2, 0.25) is 0 Å². The van der Waals surface area contributed by atoms with Crippen LogP contribution in [0.1, 0.15) is 17.4 Å².